The number of nitrogens with zero attached hydrogens (tertiary/aromatic N) is 1. The first-order valence-corrected chi connectivity index (χ1v) is 7.50. The molecule has 0 amide bonds. The number of rotatable bonds is 4. The minimum atomic E-state index is 0.568. The van der Waals surface area contributed by atoms with E-state index in [1.54, 1.807) is 0 Å². The molecule has 0 aromatic heterocycles. The van der Waals surface area contributed by atoms with Crippen LogP contribution in [0.25, 0.3) is 0 Å². The molecule has 1 aromatic rings. The van der Waals surface area contributed by atoms with Crippen LogP contribution in [0.4, 0.5) is 5.69 Å². The summed E-state index contributed by atoms with van der Waals surface area (Å²) in [4.78, 5) is 2.47. The van der Waals surface area contributed by atoms with Crippen molar-refractivity contribution in [3.63, 3.8) is 0 Å². The number of anilines is 1. The van der Waals surface area contributed by atoms with Crippen molar-refractivity contribution in [2.24, 2.45) is 11.1 Å². The van der Waals surface area contributed by atoms with Crippen molar-refractivity contribution >= 4 is 5.69 Å². The molecule has 1 saturated heterocycles. The normalized spacial score (nSPS) is 21.2. The predicted octanol–water partition coefficient (Wildman–Crippen LogP) is 2.79. The second-order valence-electron chi connectivity index (χ2n) is 6.02. The Morgan fingerprint density at radius 1 is 1.11 bits per heavy atom. The van der Waals surface area contributed by atoms with Gasteiger partial charge in [0.05, 0.1) is 5.69 Å². The molecular formula is C16H24N2O. The molecule has 1 aliphatic heterocycles. The first kappa shape index (κ1) is 12.8. The van der Waals surface area contributed by atoms with Crippen LogP contribution >= 0.6 is 0 Å². The lowest BCUT2D eigenvalue weighted by Gasteiger charge is -2.53. The van der Waals surface area contributed by atoms with Crippen LogP contribution in [0.15, 0.2) is 24.3 Å². The highest BCUT2D eigenvalue weighted by atomic mass is 16.5. The summed E-state index contributed by atoms with van der Waals surface area (Å²) in [6.07, 6.45) is 7.08. The third kappa shape index (κ3) is 2.57. The van der Waals surface area contributed by atoms with Crippen LogP contribution in [-0.4, -0.2) is 26.2 Å². The molecule has 1 saturated carbocycles. The first-order valence-electron chi connectivity index (χ1n) is 7.50. The number of para-hydroxylation sites is 2. The standard InChI is InChI=1S/C16H24N2O/c17-10-11-19-15-7-3-2-6-14(15)18-12-16(13-18)8-4-1-5-9-16/h2-3,6-7H,1,4-5,8-13,17H2. The zero-order chi connectivity index (χ0) is 13.1. The quantitative estimate of drug-likeness (QED) is 0.904. The fourth-order valence-corrected chi connectivity index (χ4v) is 3.56. The summed E-state index contributed by atoms with van der Waals surface area (Å²) in [5.41, 5.74) is 7.38. The minimum absolute atomic E-state index is 0.568. The fourth-order valence-electron chi connectivity index (χ4n) is 3.56. The number of ether oxygens (including phenoxy) is 1. The van der Waals surface area contributed by atoms with Gasteiger partial charge in [0, 0.05) is 25.0 Å². The Bertz CT molecular complexity index is 419. The minimum Gasteiger partial charge on any atom is -0.490 e. The SMILES string of the molecule is NCCOc1ccccc1N1CC2(CCCCC2)C1. The van der Waals surface area contributed by atoms with Gasteiger partial charge in [-0.2, -0.15) is 0 Å². The van der Waals surface area contributed by atoms with Crippen LogP contribution in [0.1, 0.15) is 32.1 Å². The molecular weight excluding hydrogens is 236 g/mol. The Morgan fingerprint density at radius 2 is 1.84 bits per heavy atom. The highest BCUT2D eigenvalue weighted by molar-refractivity contribution is 5.60. The molecule has 0 radical (unpaired) electrons. The van der Waals surface area contributed by atoms with Crippen molar-refractivity contribution in [1.82, 2.24) is 0 Å². The molecule has 104 valence electrons. The van der Waals surface area contributed by atoms with Gasteiger partial charge in [-0.25, -0.2) is 0 Å². The number of benzene rings is 1. The average molecular weight is 260 g/mol. The van der Waals surface area contributed by atoms with Gasteiger partial charge >= 0.3 is 0 Å². The Morgan fingerprint density at radius 3 is 2.58 bits per heavy atom. The maximum absolute atomic E-state index is 5.75. The van der Waals surface area contributed by atoms with E-state index in [1.807, 2.05) is 6.07 Å². The lowest BCUT2D eigenvalue weighted by atomic mass is 9.68. The zero-order valence-electron chi connectivity index (χ0n) is 11.6. The van der Waals surface area contributed by atoms with Crippen molar-refractivity contribution < 1.29 is 4.74 Å². The summed E-state index contributed by atoms with van der Waals surface area (Å²) >= 11 is 0. The summed E-state index contributed by atoms with van der Waals surface area (Å²) < 4.78 is 5.75. The van der Waals surface area contributed by atoms with Gasteiger partial charge in [-0.3, -0.25) is 0 Å². The largest absolute Gasteiger partial charge is 0.490 e. The summed E-state index contributed by atoms with van der Waals surface area (Å²) in [5, 5.41) is 0. The van der Waals surface area contributed by atoms with E-state index in [4.69, 9.17) is 10.5 Å². The molecule has 3 rings (SSSR count). The smallest absolute Gasteiger partial charge is 0.142 e. The van der Waals surface area contributed by atoms with Gasteiger partial charge in [-0.1, -0.05) is 31.4 Å². The van der Waals surface area contributed by atoms with Crippen LogP contribution < -0.4 is 15.4 Å². The maximum atomic E-state index is 5.75. The number of hydrogen-bond donors (Lipinski definition) is 1. The summed E-state index contributed by atoms with van der Waals surface area (Å²) in [6, 6.07) is 8.35. The van der Waals surface area contributed by atoms with Gasteiger partial charge < -0.3 is 15.4 Å². The van der Waals surface area contributed by atoms with Gasteiger partial charge in [0.2, 0.25) is 0 Å². The number of hydrogen-bond acceptors (Lipinski definition) is 3. The Hall–Kier alpha value is -1.22. The third-order valence-electron chi connectivity index (χ3n) is 4.55. The summed E-state index contributed by atoms with van der Waals surface area (Å²) in [7, 11) is 0. The van der Waals surface area contributed by atoms with Crippen LogP contribution in [0.2, 0.25) is 0 Å². The molecule has 0 atom stereocenters. The van der Waals surface area contributed by atoms with E-state index in [1.165, 1.54) is 50.9 Å². The van der Waals surface area contributed by atoms with Crippen LogP contribution in [0.5, 0.6) is 5.75 Å². The van der Waals surface area contributed by atoms with Gasteiger partial charge in [-0.05, 0) is 25.0 Å². The van der Waals surface area contributed by atoms with Gasteiger partial charge in [0.25, 0.3) is 0 Å². The molecule has 1 aliphatic carbocycles. The van der Waals surface area contributed by atoms with Crippen LogP contribution in [-0.2, 0) is 0 Å². The molecule has 2 N–H and O–H groups in total. The Labute approximate surface area is 115 Å². The van der Waals surface area contributed by atoms with Gasteiger partial charge in [-0.15, -0.1) is 0 Å². The molecule has 1 aromatic carbocycles. The molecule has 19 heavy (non-hydrogen) atoms. The van der Waals surface area contributed by atoms with Crippen LogP contribution in [0, 0.1) is 5.41 Å². The van der Waals surface area contributed by atoms with E-state index < -0.39 is 0 Å². The molecule has 2 fully saturated rings. The summed E-state index contributed by atoms with van der Waals surface area (Å²) in [6.45, 7) is 3.57. The van der Waals surface area contributed by atoms with Crippen molar-refractivity contribution in [2.75, 3.05) is 31.1 Å². The highest BCUT2D eigenvalue weighted by Gasteiger charge is 2.43. The van der Waals surface area contributed by atoms with Gasteiger partial charge in [0.1, 0.15) is 12.4 Å². The lowest BCUT2D eigenvalue weighted by molar-refractivity contribution is 0.138. The predicted molar refractivity (Wildman–Crippen MR) is 78.7 cm³/mol. The number of nitrogens with two attached hydrogens (primary N) is 1. The lowest BCUT2D eigenvalue weighted by Crippen LogP contribution is -2.57. The van der Waals surface area contributed by atoms with Crippen molar-refractivity contribution in [3.8, 4) is 5.75 Å². The van der Waals surface area contributed by atoms with E-state index in [2.05, 4.69) is 23.1 Å². The summed E-state index contributed by atoms with van der Waals surface area (Å²) in [5.74, 6) is 0.985. The molecule has 0 bridgehead atoms. The molecule has 1 heterocycles. The average Bonchev–Trinajstić information content (AvgIpc) is 2.44. The second kappa shape index (κ2) is 5.41. The molecule has 1 spiro atoms. The maximum Gasteiger partial charge on any atom is 0.142 e. The molecule has 3 nitrogen and oxygen atoms in total. The Balaban J connectivity index is 1.67. The highest BCUT2D eigenvalue weighted by Crippen LogP contribution is 2.47. The Kier molecular flexibility index (Phi) is 3.65. The van der Waals surface area contributed by atoms with E-state index in [0.717, 1.165) is 5.75 Å². The van der Waals surface area contributed by atoms with Crippen LogP contribution in [0.3, 0.4) is 0 Å². The zero-order valence-corrected chi connectivity index (χ0v) is 11.6. The monoisotopic (exact) mass is 260 g/mol. The van der Waals surface area contributed by atoms with Crippen molar-refractivity contribution in [1.29, 1.82) is 0 Å². The van der Waals surface area contributed by atoms with Crippen molar-refractivity contribution in [2.45, 2.75) is 32.1 Å². The van der Waals surface area contributed by atoms with E-state index in [-0.39, 0.29) is 0 Å². The topological polar surface area (TPSA) is 38.5 Å². The van der Waals surface area contributed by atoms with E-state index in [0.29, 0.717) is 18.6 Å². The van der Waals surface area contributed by atoms with E-state index >= 15 is 0 Å². The fraction of sp³-hybridized carbons (Fsp3) is 0.625. The molecule has 3 heteroatoms. The van der Waals surface area contributed by atoms with Gasteiger partial charge in [0.15, 0.2) is 0 Å². The van der Waals surface area contributed by atoms with Crippen molar-refractivity contribution in [3.05, 3.63) is 24.3 Å². The van der Waals surface area contributed by atoms with E-state index in [9.17, 15) is 0 Å². The molecule has 0 unspecified atom stereocenters. The third-order valence-corrected chi connectivity index (χ3v) is 4.55. The molecule has 2 aliphatic rings. The first-order chi connectivity index (χ1) is 9.33. The second-order valence-corrected chi connectivity index (χ2v) is 6.02.